The molecular formula is C22H18N4O. The van der Waals surface area contributed by atoms with Crippen LogP contribution in [0.4, 0.5) is 0 Å². The lowest BCUT2D eigenvalue weighted by atomic mass is 10.1. The third kappa shape index (κ3) is 3.67. The molecule has 0 fully saturated rings. The smallest absolute Gasteiger partial charge is 0.253 e. The number of fused-ring (bicyclic) bond motifs is 1. The van der Waals surface area contributed by atoms with Crippen molar-refractivity contribution >= 4 is 16.9 Å². The zero-order valence-electron chi connectivity index (χ0n) is 14.9. The summed E-state index contributed by atoms with van der Waals surface area (Å²) in [6, 6.07) is 19.5. The molecule has 4 rings (SSSR count). The highest BCUT2D eigenvalue weighted by atomic mass is 16.1. The highest BCUT2D eigenvalue weighted by Crippen LogP contribution is 2.17. The number of aromatic nitrogens is 3. The Morgan fingerprint density at radius 3 is 2.63 bits per heavy atom. The molecule has 0 unspecified atom stereocenters. The van der Waals surface area contributed by atoms with Gasteiger partial charge in [-0.1, -0.05) is 36.4 Å². The molecule has 0 saturated heterocycles. The molecule has 27 heavy (non-hydrogen) atoms. The first-order valence-corrected chi connectivity index (χ1v) is 8.71. The second-order valence-corrected chi connectivity index (χ2v) is 6.27. The second-order valence-electron chi connectivity index (χ2n) is 6.27. The van der Waals surface area contributed by atoms with Crippen LogP contribution in [-0.4, -0.2) is 20.9 Å². The van der Waals surface area contributed by atoms with Gasteiger partial charge in [0.25, 0.3) is 5.91 Å². The number of aryl methyl sites for hydroxylation is 1. The summed E-state index contributed by atoms with van der Waals surface area (Å²) in [6.45, 7) is 2.23. The van der Waals surface area contributed by atoms with Crippen LogP contribution in [0.5, 0.6) is 0 Å². The van der Waals surface area contributed by atoms with Gasteiger partial charge in [-0.3, -0.25) is 9.78 Å². The van der Waals surface area contributed by atoms with Crippen LogP contribution >= 0.6 is 0 Å². The van der Waals surface area contributed by atoms with Gasteiger partial charge in [-0.25, -0.2) is 9.97 Å². The highest BCUT2D eigenvalue weighted by Gasteiger charge is 2.12. The van der Waals surface area contributed by atoms with E-state index in [-0.39, 0.29) is 5.91 Å². The monoisotopic (exact) mass is 354 g/mol. The first kappa shape index (κ1) is 16.8. The highest BCUT2D eigenvalue weighted by molar-refractivity contribution is 5.98. The number of amides is 1. The molecule has 3 heterocycles. The average Bonchev–Trinajstić information content (AvgIpc) is 2.72. The number of carbonyl (C=O) groups is 1. The van der Waals surface area contributed by atoms with Crippen LogP contribution in [0.25, 0.3) is 22.3 Å². The third-order valence-corrected chi connectivity index (χ3v) is 4.37. The molecule has 132 valence electrons. The SMILES string of the molecule is Cc1nc2ncccc2cc1C(=O)NCc1ccc(-c2ccccc2)nc1. The Morgan fingerprint density at radius 2 is 1.85 bits per heavy atom. The zero-order chi connectivity index (χ0) is 18.6. The summed E-state index contributed by atoms with van der Waals surface area (Å²) in [7, 11) is 0. The molecule has 0 spiro atoms. The van der Waals surface area contributed by atoms with Crippen molar-refractivity contribution in [3.8, 4) is 11.3 Å². The summed E-state index contributed by atoms with van der Waals surface area (Å²) in [6.07, 6.45) is 3.48. The molecule has 0 aliphatic rings. The van der Waals surface area contributed by atoms with E-state index in [9.17, 15) is 4.79 Å². The lowest BCUT2D eigenvalue weighted by molar-refractivity contribution is 0.0950. The topological polar surface area (TPSA) is 67.8 Å². The Labute approximate surface area is 157 Å². The first-order valence-electron chi connectivity index (χ1n) is 8.71. The molecule has 0 bridgehead atoms. The molecule has 4 aromatic rings. The average molecular weight is 354 g/mol. The van der Waals surface area contributed by atoms with Crippen LogP contribution in [-0.2, 0) is 6.54 Å². The van der Waals surface area contributed by atoms with E-state index < -0.39 is 0 Å². The molecule has 3 aromatic heterocycles. The largest absolute Gasteiger partial charge is 0.348 e. The summed E-state index contributed by atoms with van der Waals surface area (Å²) >= 11 is 0. The van der Waals surface area contributed by atoms with Gasteiger partial charge in [-0.2, -0.15) is 0 Å². The number of benzene rings is 1. The lowest BCUT2D eigenvalue weighted by Gasteiger charge is -2.09. The van der Waals surface area contributed by atoms with Crippen LogP contribution in [0.15, 0.2) is 73.1 Å². The molecule has 5 heteroatoms. The van der Waals surface area contributed by atoms with E-state index in [1.165, 1.54) is 0 Å². The Bertz CT molecular complexity index is 1090. The fraction of sp³-hybridized carbons (Fsp3) is 0.0909. The van der Waals surface area contributed by atoms with Crippen molar-refractivity contribution in [2.24, 2.45) is 0 Å². The second kappa shape index (κ2) is 7.33. The molecular weight excluding hydrogens is 336 g/mol. The van der Waals surface area contributed by atoms with Gasteiger partial charge >= 0.3 is 0 Å². The predicted molar refractivity (Wildman–Crippen MR) is 105 cm³/mol. The number of pyridine rings is 3. The maximum absolute atomic E-state index is 12.6. The lowest BCUT2D eigenvalue weighted by Crippen LogP contribution is -2.24. The van der Waals surface area contributed by atoms with Crippen LogP contribution in [0.2, 0.25) is 0 Å². The molecule has 0 aliphatic carbocycles. The van der Waals surface area contributed by atoms with Crippen molar-refractivity contribution in [2.75, 3.05) is 0 Å². The molecule has 0 atom stereocenters. The van der Waals surface area contributed by atoms with E-state index in [4.69, 9.17) is 0 Å². The van der Waals surface area contributed by atoms with Gasteiger partial charge in [0.15, 0.2) is 5.65 Å². The zero-order valence-corrected chi connectivity index (χ0v) is 14.9. The summed E-state index contributed by atoms with van der Waals surface area (Å²) in [5, 5.41) is 3.79. The summed E-state index contributed by atoms with van der Waals surface area (Å²) < 4.78 is 0. The Morgan fingerprint density at radius 1 is 1.00 bits per heavy atom. The Kier molecular flexibility index (Phi) is 4.58. The van der Waals surface area contributed by atoms with Crippen molar-refractivity contribution in [3.63, 3.8) is 0 Å². The van der Waals surface area contributed by atoms with Gasteiger partial charge in [-0.15, -0.1) is 0 Å². The molecule has 1 amide bonds. The van der Waals surface area contributed by atoms with Crippen LogP contribution in [0, 0.1) is 6.92 Å². The van der Waals surface area contributed by atoms with Crippen LogP contribution in [0.1, 0.15) is 21.6 Å². The van der Waals surface area contributed by atoms with E-state index in [2.05, 4.69) is 20.3 Å². The minimum absolute atomic E-state index is 0.155. The van der Waals surface area contributed by atoms with E-state index in [0.717, 1.165) is 22.2 Å². The van der Waals surface area contributed by atoms with E-state index in [1.54, 1.807) is 12.4 Å². The number of nitrogens with one attached hydrogen (secondary N) is 1. The number of carbonyl (C=O) groups excluding carboxylic acids is 1. The van der Waals surface area contributed by atoms with Gasteiger partial charge < -0.3 is 5.32 Å². The number of hydrogen-bond acceptors (Lipinski definition) is 4. The van der Waals surface area contributed by atoms with Crippen LogP contribution < -0.4 is 5.32 Å². The minimum atomic E-state index is -0.155. The van der Waals surface area contributed by atoms with Gasteiger partial charge in [0.05, 0.1) is 17.0 Å². The normalized spacial score (nSPS) is 10.7. The van der Waals surface area contributed by atoms with E-state index in [0.29, 0.717) is 23.4 Å². The Hall–Kier alpha value is -3.60. The van der Waals surface area contributed by atoms with Gasteiger partial charge in [0.2, 0.25) is 0 Å². The van der Waals surface area contributed by atoms with Crippen molar-refractivity contribution in [3.05, 3.63) is 89.9 Å². The quantitative estimate of drug-likeness (QED) is 0.603. The van der Waals surface area contributed by atoms with Gasteiger partial charge in [0.1, 0.15) is 0 Å². The summed E-state index contributed by atoms with van der Waals surface area (Å²) in [5.41, 5.74) is 4.79. The first-order chi connectivity index (χ1) is 13.2. The summed E-state index contributed by atoms with van der Waals surface area (Å²) in [4.78, 5) is 25.7. The van der Waals surface area contributed by atoms with Crippen molar-refractivity contribution < 1.29 is 4.79 Å². The van der Waals surface area contributed by atoms with Gasteiger partial charge in [0, 0.05) is 29.9 Å². The predicted octanol–water partition coefficient (Wildman–Crippen LogP) is 3.93. The fourth-order valence-corrected chi connectivity index (χ4v) is 2.91. The summed E-state index contributed by atoms with van der Waals surface area (Å²) in [5.74, 6) is -0.155. The molecule has 1 N–H and O–H groups in total. The van der Waals surface area contributed by atoms with Crippen molar-refractivity contribution in [2.45, 2.75) is 13.5 Å². The molecule has 5 nitrogen and oxygen atoms in total. The maximum atomic E-state index is 12.6. The third-order valence-electron chi connectivity index (χ3n) is 4.37. The van der Waals surface area contributed by atoms with Gasteiger partial charge in [-0.05, 0) is 36.8 Å². The van der Waals surface area contributed by atoms with E-state index >= 15 is 0 Å². The Balaban J connectivity index is 1.47. The van der Waals surface area contributed by atoms with Crippen molar-refractivity contribution in [1.29, 1.82) is 0 Å². The standard InChI is InChI=1S/C22H18N4O/c1-15-19(12-18-8-5-11-23-21(18)26-15)22(27)25-14-16-9-10-20(24-13-16)17-6-3-2-4-7-17/h2-13H,14H2,1H3,(H,25,27). The van der Waals surface area contributed by atoms with E-state index in [1.807, 2.05) is 67.6 Å². The van der Waals surface area contributed by atoms with Crippen molar-refractivity contribution in [1.82, 2.24) is 20.3 Å². The number of nitrogens with zero attached hydrogens (tertiary/aromatic N) is 3. The molecule has 0 radical (unpaired) electrons. The maximum Gasteiger partial charge on any atom is 0.253 e. The van der Waals surface area contributed by atoms with Crippen LogP contribution in [0.3, 0.4) is 0 Å². The minimum Gasteiger partial charge on any atom is -0.348 e. The molecule has 1 aromatic carbocycles. The number of hydrogen-bond donors (Lipinski definition) is 1. The number of rotatable bonds is 4. The molecule has 0 aliphatic heterocycles. The molecule has 0 saturated carbocycles. The fourth-order valence-electron chi connectivity index (χ4n) is 2.91.